The fourth-order valence-electron chi connectivity index (χ4n) is 2.20. The molecule has 0 aliphatic carbocycles. The second-order valence-corrected chi connectivity index (χ2v) is 6.47. The van der Waals surface area contributed by atoms with Gasteiger partial charge in [0.25, 0.3) is 17.0 Å². The molecule has 0 aliphatic rings. The lowest BCUT2D eigenvalue weighted by Gasteiger charge is -2.17. The highest BCUT2D eigenvalue weighted by Crippen LogP contribution is 2.35. The Labute approximate surface area is 157 Å². The van der Waals surface area contributed by atoms with Crippen LogP contribution in [0.15, 0.2) is 26.2 Å². The minimum absolute atomic E-state index is 0.0313. The second kappa shape index (κ2) is 7.05. The van der Waals surface area contributed by atoms with Crippen molar-refractivity contribution in [3.05, 3.63) is 54.3 Å². The van der Waals surface area contributed by atoms with Crippen LogP contribution in [0.2, 0.25) is 0 Å². The second-order valence-electron chi connectivity index (χ2n) is 5.67. The number of aromatic hydroxyl groups is 1. The number of carbonyl (C=O) groups is 1. The average molecular weight is 422 g/mol. The molecule has 2 N–H and O–H groups in total. The summed E-state index contributed by atoms with van der Waals surface area (Å²) in [6.07, 6.45) is 0. The summed E-state index contributed by atoms with van der Waals surface area (Å²) in [5.41, 5.74) is -1.16. The van der Waals surface area contributed by atoms with Gasteiger partial charge in [0.05, 0.1) is 17.8 Å². The molecule has 9 nitrogen and oxygen atoms in total. The average Bonchev–Trinajstić information content (AvgIpc) is 2.62. The molecule has 0 bridgehead atoms. The lowest BCUT2D eigenvalue weighted by molar-refractivity contribution is 0.0825. The van der Waals surface area contributed by atoms with Crippen molar-refractivity contribution in [1.82, 2.24) is 14.3 Å². The van der Waals surface area contributed by atoms with Crippen LogP contribution >= 0.6 is 15.9 Å². The Balaban J connectivity index is 2.71. The third-order valence-corrected chi connectivity index (χ3v) is 4.51. The summed E-state index contributed by atoms with van der Waals surface area (Å²) in [6.45, 7) is 7.18. The van der Waals surface area contributed by atoms with E-state index in [1.807, 2.05) is 0 Å². The monoisotopic (exact) mass is 421 g/mol. The van der Waals surface area contributed by atoms with Crippen LogP contribution < -0.4 is 16.4 Å². The number of amides is 1. The van der Waals surface area contributed by atoms with Crippen LogP contribution in [0.3, 0.4) is 0 Å². The predicted molar refractivity (Wildman–Crippen MR) is 100 cm³/mol. The Hall–Kier alpha value is -3.06. The van der Waals surface area contributed by atoms with Gasteiger partial charge in [-0.2, -0.15) is 0 Å². The Morgan fingerprint density at radius 2 is 1.81 bits per heavy atom. The van der Waals surface area contributed by atoms with E-state index in [1.54, 1.807) is 0 Å². The molecule has 2 aromatic rings. The number of halogens is 1. The minimum Gasteiger partial charge on any atom is -0.505 e. The molecule has 1 aromatic carbocycles. The minimum atomic E-state index is -0.535. The first-order valence-electron chi connectivity index (χ1n) is 7.29. The van der Waals surface area contributed by atoms with E-state index in [4.69, 9.17) is 6.57 Å². The van der Waals surface area contributed by atoms with Crippen LogP contribution in [0.25, 0.3) is 4.85 Å². The zero-order valence-electron chi connectivity index (χ0n) is 14.5. The van der Waals surface area contributed by atoms with Gasteiger partial charge in [-0.05, 0) is 28.1 Å². The van der Waals surface area contributed by atoms with Crippen molar-refractivity contribution < 1.29 is 9.90 Å². The molecule has 0 saturated heterocycles. The Morgan fingerprint density at radius 3 is 2.35 bits per heavy atom. The van der Waals surface area contributed by atoms with E-state index in [2.05, 4.69) is 26.1 Å². The highest BCUT2D eigenvalue weighted by molar-refractivity contribution is 9.10. The quantitative estimate of drug-likeness (QED) is 0.578. The van der Waals surface area contributed by atoms with Gasteiger partial charge in [0.15, 0.2) is 5.69 Å². The number of carbonyl (C=O) groups excluding carboxylic acids is 1. The van der Waals surface area contributed by atoms with Gasteiger partial charge in [-0.3, -0.25) is 14.4 Å². The summed E-state index contributed by atoms with van der Waals surface area (Å²) in [4.78, 5) is 41.4. The molecule has 0 saturated carbocycles. The number of anilines is 2. The largest absolute Gasteiger partial charge is 0.505 e. The Morgan fingerprint density at radius 1 is 1.23 bits per heavy atom. The van der Waals surface area contributed by atoms with Crippen LogP contribution in [0, 0.1) is 6.57 Å². The van der Waals surface area contributed by atoms with Gasteiger partial charge < -0.3 is 15.3 Å². The number of aromatic nitrogens is 2. The predicted octanol–water partition coefficient (Wildman–Crippen LogP) is 1.55. The van der Waals surface area contributed by atoms with Crippen molar-refractivity contribution >= 4 is 38.9 Å². The number of rotatable bonds is 3. The van der Waals surface area contributed by atoms with E-state index in [-0.39, 0.29) is 27.1 Å². The lowest BCUT2D eigenvalue weighted by atomic mass is 10.1. The molecule has 0 fully saturated rings. The van der Waals surface area contributed by atoms with Gasteiger partial charge in [0, 0.05) is 28.2 Å². The summed E-state index contributed by atoms with van der Waals surface area (Å²) in [5.74, 6) is -0.933. The molecule has 0 unspecified atom stereocenters. The Bertz CT molecular complexity index is 1060. The van der Waals surface area contributed by atoms with E-state index in [9.17, 15) is 19.5 Å². The molecule has 1 amide bonds. The third kappa shape index (κ3) is 3.21. The highest BCUT2D eigenvalue weighted by Gasteiger charge is 2.21. The maximum absolute atomic E-state index is 12.5. The number of phenols is 1. The summed E-state index contributed by atoms with van der Waals surface area (Å²) in [7, 11) is 5.86. The van der Waals surface area contributed by atoms with E-state index in [0.29, 0.717) is 0 Å². The first kappa shape index (κ1) is 19.3. The number of phenolic OH excluding ortho intramolecular Hbond substituents is 1. The first-order valence-corrected chi connectivity index (χ1v) is 8.08. The summed E-state index contributed by atoms with van der Waals surface area (Å²) in [5, 5.41) is 13.1. The topological polar surface area (TPSA) is 101 Å². The normalized spacial score (nSPS) is 10.3. The number of benzene rings is 1. The van der Waals surface area contributed by atoms with Crippen LogP contribution in [-0.2, 0) is 14.1 Å². The molecule has 0 radical (unpaired) electrons. The van der Waals surface area contributed by atoms with E-state index >= 15 is 0 Å². The zero-order valence-corrected chi connectivity index (χ0v) is 16.1. The molecule has 0 spiro atoms. The molecule has 10 heteroatoms. The van der Waals surface area contributed by atoms with Gasteiger partial charge in [-0.1, -0.05) is 0 Å². The fourth-order valence-corrected chi connectivity index (χ4v) is 2.73. The van der Waals surface area contributed by atoms with Crippen molar-refractivity contribution in [2.75, 3.05) is 19.4 Å². The molecule has 2 rings (SSSR count). The standard InChI is InChI=1S/C16H16BrN5O4/c1-18-8-6-9(14(24)20(2)3)13(23)10(7-8)19-12-11(17)15(25)21(4)22(5)16(12)26/h6-7,19,23H,2-5H3. The van der Waals surface area contributed by atoms with Gasteiger partial charge in [-0.15, -0.1) is 0 Å². The number of hydrogen-bond donors (Lipinski definition) is 2. The van der Waals surface area contributed by atoms with E-state index in [1.165, 1.54) is 45.2 Å². The van der Waals surface area contributed by atoms with E-state index < -0.39 is 22.8 Å². The molecule has 0 atom stereocenters. The van der Waals surface area contributed by atoms with Gasteiger partial charge in [0.2, 0.25) is 0 Å². The number of nitrogens with zero attached hydrogens (tertiary/aromatic N) is 4. The molecule has 0 aliphatic heterocycles. The van der Waals surface area contributed by atoms with Crippen LogP contribution in [-0.4, -0.2) is 39.4 Å². The summed E-state index contributed by atoms with van der Waals surface area (Å²) in [6, 6.07) is 2.55. The molecule has 26 heavy (non-hydrogen) atoms. The van der Waals surface area contributed by atoms with Crippen molar-refractivity contribution in [1.29, 1.82) is 0 Å². The first-order chi connectivity index (χ1) is 12.1. The maximum Gasteiger partial charge on any atom is 0.289 e. The fraction of sp³-hybridized carbons (Fsp3) is 0.250. The summed E-state index contributed by atoms with van der Waals surface area (Å²) < 4.78 is 2.18. The Kier molecular flexibility index (Phi) is 5.22. The molecule has 1 aromatic heterocycles. The molecule has 136 valence electrons. The molecular weight excluding hydrogens is 406 g/mol. The zero-order chi connectivity index (χ0) is 19.8. The van der Waals surface area contributed by atoms with Crippen molar-refractivity contribution in [2.45, 2.75) is 0 Å². The van der Waals surface area contributed by atoms with Crippen molar-refractivity contribution in [3.63, 3.8) is 0 Å². The third-order valence-electron chi connectivity index (χ3n) is 3.78. The molecule has 1 heterocycles. The van der Waals surface area contributed by atoms with E-state index in [0.717, 1.165) is 9.36 Å². The smallest absolute Gasteiger partial charge is 0.289 e. The lowest BCUT2D eigenvalue weighted by Crippen LogP contribution is -2.36. The number of nitrogens with one attached hydrogen (secondary N) is 1. The SMILES string of the molecule is [C-]#[N+]c1cc(Nc2c(Br)c(=O)n(C)n(C)c2=O)c(O)c(C(=O)N(C)C)c1. The van der Waals surface area contributed by atoms with Crippen molar-refractivity contribution in [3.8, 4) is 5.75 Å². The number of hydrogen-bond acceptors (Lipinski definition) is 5. The van der Waals surface area contributed by atoms with Crippen LogP contribution in [0.5, 0.6) is 5.75 Å². The van der Waals surface area contributed by atoms with Gasteiger partial charge >= 0.3 is 0 Å². The van der Waals surface area contributed by atoms with Gasteiger partial charge in [0.1, 0.15) is 15.9 Å². The van der Waals surface area contributed by atoms with Crippen molar-refractivity contribution in [2.24, 2.45) is 14.1 Å². The van der Waals surface area contributed by atoms with Crippen LogP contribution in [0.4, 0.5) is 17.1 Å². The van der Waals surface area contributed by atoms with Gasteiger partial charge in [-0.25, -0.2) is 14.2 Å². The molecular formula is C16H16BrN5O4. The highest BCUT2D eigenvalue weighted by atomic mass is 79.9. The van der Waals surface area contributed by atoms with Crippen LogP contribution in [0.1, 0.15) is 10.4 Å². The summed E-state index contributed by atoms with van der Waals surface area (Å²) >= 11 is 3.08. The maximum atomic E-state index is 12.5.